The summed E-state index contributed by atoms with van der Waals surface area (Å²) in [5.74, 6) is 1.83. The highest BCUT2D eigenvalue weighted by molar-refractivity contribution is 5.90. The van der Waals surface area contributed by atoms with Crippen LogP contribution in [0.2, 0.25) is 0 Å². The Morgan fingerprint density at radius 3 is 2.40 bits per heavy atom. The monoisotopic (exact) mass is 451 g/mol. The molecule has 30 heavy (non-hydrogen) atoms. The minimum atomic E-state index is -0.264. The molecule has 1 fully saturated rings. The molecule has 7 heteroatoms. The van der Waals surface area contributed by atoms with Gasteiger partial charge in [0.05, 0.1) is 6.10 Å². The number of hydrogen-bond donors (Lipinski definition) is 1. The van der Waals surface area contributed by atoms with Crippen LogP contribution in [0.5, 0.6) is 0 Å². The number of pyridine rings is 1. The molecule has 0 saturated carbocycles. The highest BCUT2D eigenvalue weighted by Crippen LogP contribution is 2.33. The number of aliphatic hydroxyl groups is 1. The van der Waals surface area contributed by atoms with E-state index in [9.17, 15) is 5.11 Å². The van der Waals surface area contributed by atoms with E-state index < -0.39 is 0 Å². The Morgan fingerprint density at radius 1 is 1.07 bits per heavy atom. The molecule has 0 amide bonds. The first kappa shape index (κ1) is 24.5. The lowest BCUT2D eigenvalue weighted by atomic mass is 10.0. The second kappa shape index (κ2) is 11.0. The Morgan fingerprint density at radius 2 is 1.77 bits per heavy atom. The zero-order chi connectivity index (χ0) is 19.5. The molecule has 3 heterocycles. The first-order valence-corrected chi connectivity index (χ1v) is 10.3. The van der Waals surface area contributed by atoms with Gasteiger partial charge in [0.15, 0.2) is 11.4 Å². The van der Waals surface area contributed by atoms with E-state index in [0.717, 1.165) is 73.7 Å². The van der Waals surface area contributed by atoms with Crippen molar-refractivity contribution in [3.63, 3.8) is 0 Å². The van der Waals surface area contributed by atoms with Gasteiger partial charge in [-0.3, -0.25) is 0 Å². The van der Waals surface area contributed by atoms with Gasteiger partial charge in [0, 0.05) is 43.3 Å². The number of nitrogens with zero attached hydrogens (tertiary/aromatic N) is 3. The molecule has 5 nitrogen and oxygen atoms in total. The molecule has 1 saturated heterocycles. The van der Waals surface area contributed by atoms with Crippen LogP contribution in [0.3, 0.4) is 0 Å². The van der Waals surface area contributed by atoms with E-state index in [-0.39, 0.29) is 30.9 Å². The quantitative estimate of drug-likeness (QED) is 0.583. The number of aryl methyl sites for hydroxylation is 1. The van der Waals surface area contributed by atoms with Crippen LogP contribution in [0.25, 0.3) is 22.3 Å². The lowest BCUT2D eigenvalue weighted by Gasteiger charge is -2.34. The normalized spacial score (nSPS) is 15.5. The third kappa shape index (κ3) is 5.46. The lowest BCUT2D eigenvalue weighted by molar-refractivity contribution is 0.185. The predicted octanol–water partition coefficient (Wildman–Crippen LogP) is 4.79. The van der Waals surface area contributed by atoms with Gasteiger partial charge in [-0.15, -0.1) is 24.8 Å². The second-order valence-corrected chi connectivity index (χ2v) is 7.67. The van der Waals surface area contributed by atoms with Crippen molar-refractivity contribution < 1.29 is 9.52 Å². The Bertz CT molecular complexity index is 920. The minimum Gasteiger partial charge on any atom is -0.452 e. The number of likely N-dealkylation sites (N-methyl/N-ethyl adjacent to an activating group) is 1. The number of rotatable bonds is 6. The number of aromatic nitrogens is 1. The summed E-state index contributed by atoms with van der Waals surface area (Å²) >= 11 is 0. The molecule has 1 N–H and O–H groups in total. The summed E-state index contributed by atoms with van der Waals surface area (Å²) in [7, 11) is 0. The Hall–Kier alpha value is -1.79. The van der Waals surface area contributed by atoms with Crippen molar-refractivity contribution in [2.45, 2.75) is 32.8 Å². The van der Waals surface area contributed by atoms with Crippen LogP contribution in [0, 0.1) is 0 Å². The molecular weight excluding hydrogens is 421 g/mol. The number of aliphatic hydroxyl groups excluding tert-OH is 1. The Labute approximate surface area is 190 Å². The van der Waals surface area contributed by atoms with Crippen LogP contribution in [0.4, 0.5) is 5.82 Å². The average molecular weight is 452 g/mol. The first-order valence-electron chi connectivity index (χ1n) is 10.3. The molecular formula is C23H31Cl2N3O2. The summed E-state index contributed by atoms with van der Waals surface area (Å²) in [6.07, 6.45) is 3.28. The van der Waals surface area contributed by atoms with E-state index >= 15 is 0 Å². The Balaban J connectivity index is 0.00000160. The summed E-state index contributed by atoms with van der Waals surface area (Å²) < 4.78 is 6.27. The maximum absolute atomic E-state index is 9.46. The van der Waals surface area contributed by atoms with Crippen molar-refractivity contribution in [3.05, 3.63) is 48.2 Å². The molecule has 0 bridgehead atoms. The fourth-order valence-corrected chi connectivity index (χ4v) is 3.81. The van der Waals surface area contributed by atoms with Crippen LogP contribution >= 0.6 is 24.8 Å². The van der Waals surface area contributed by atoms with Crippen molar-refractivity contribution >= 4 is 41.6 Å². The van der Waals surface area contributed by atoms with Crippen molar-refractivity contribution in [3.8, 4) is 11.3 Å². The fourth-order valence-electron chi connectivity index (χ4n) is 3.81. The summed E-state index contributed by atoms with van der Waals surface area (Å²) in [5.41, 5.74) is 3.18. The van der Waals surface area contributed by atoms with Crippen LogP contribution in [0.1, 0.15) is 25.8 Å². The molecule has 1 aromatic carbocycles. The molecule has 1 aliphatic rings. The van der Waals surface area contributed by atoms with Crippen LogP contribution in [-0.2, 0) is 6.42 Å². The third-order valence-corrected chi connectivity index (χ3v) is 5.62. The number of piperazine rings is 1. The van der Waals surface area contributed by atoms with Crippen molar-refractivity contribution in [2.24, 2.45) is 0 Å². The summed E-state index contributed by atoms with van der Waals surface area (Å²) in [6, 6.07) is 12.6. The standard InChI is InChI=1S/C23H29N3O2.2ClH/c1-3-25-12-14-26(15-13-25)23-22-20(10-11-24-23)16-21(28-22)19-8-6-18(7-9-19)5-4-17(2)27;;/h6-11,16-17,27H,3-5,12-15H2,1-2H3;2*1H. The molecule has 1 atom stereocenters. The average Bonchev–Trinajstić information content (AvgIpc) is 3.17. The summed E-state index contributed by atoms with van der Waals surface area (Å²) in [4.78, 5) is 9.43. The zero-order valence-corrected chi connectivity index (χ0v) is 19.2. The van der Waals surface area contributed by atoms with Gasteiger partial charge in [0.25, 0.3) is 0 Å². The molecule has 164 valence electrons. The summed E-state index contributed by atoms with van der Waals surface area (Å²) in [5, 5.41) is 10.6. The van der Waals surface area contributed by atoms with Gasteiger partial charge in [0.1, 0.15) is 5.76 Å². The van der Waals surface area contributed by atoms with E-state index in [1.807, 2.05) is 19.2 Å². The van der Waals surface area contributed by atoms with E-state index in [1.54, 1.807) is 0 Å². The van der Waals surface area contributed by atoms with E-state index in [2.05, 4.69) is 52.0 Å². The van der Waals surface area contributed by atoms with Crippen LogP contribution in [0.15, 0.2) is 47.0 Å². The van der Waals surface area contributed by atoms with E-state index in [4.69, 9.17) is 4.42 Å². The van der Waals surface area contributed by atoms with Gasteiger partial charge in [-0.05, 0) is 44.0 Å². The largest absolute Gasteiger partial charge is 0.452 e. The molecule has 1 aliphatic heterocycles. The maximum Gasteiger partial charge on any atom is 0.177 e. The van der Waals surface area contributed by atoms with Gasteiger partial charge >= 0.3 is 0 Å². The highest BCUT2D eigenvalue weighted by Gasteiger charge is 2.21. The Kier molecular flexibility index (Phi) is 8.98. The maximum atomic E-state index is 9.46. The fraction of sp³-hybridized carbons (Fsp3) is 0.435. The van der Waals surface area contributed by atoms with E-state index in [0.29, 0.717) is 0 Å². The third-order valence-electron chi connectivity index (χ3n) is 5.62. The smallest absolute Gasteiger partial charge is 0.177 e. The number of halogens is 2. The van der Waals surface area contributed by atoms with Crippen molar-refractivity contribution in [2.75, 3.05) is 37.6 Å². The molecule has 0 spiro atoms. The van der Waals surface area contributed by atoms with Crippen molar-refractivity contribution in [1.82, 2.24) is 9.88 Å². The number of benzene rings is 1. The zero-order valence-electron chi connectivity index (χ0n) is 17.6. The molecule has 2 aromatic heterocycles. The van der Waals surface area contributed by atoms with E-state index in [1.165, 1.54) is 5.56 Å². The summed E-state index contributed by atoms with van der Waals surface area (Å²) in [6.45, 7) is 9.23. The van der Waals surface area contributed by atoms with Crippen molar-refractivity contribution in [1.29, 1.82) is 0 Å². The van der Waals surface area contributed by atoms with Crippen LogP contribution < -0.4 is 4.90 Å². The van der Waals surface area contributed by atoms with Crippen LogP contribution in [-0.4, -0.2) is 53.8 Å². The molecule has 0 radical (unpaired) electrons. The SMILES string of the molecule is CCN1CCN(c2nccc3cc(-c4ccc(CCC(C)O)cc4)oc23)CC1.Cl.Cl. The van der Waals surface area contributed by atoms with Gasteiger partial charge in [0.2, 0.25) is 0 Å². The van der Waals surface area contributed by atoms with Gasteiger partial charge in [-0.1, -0.05) is 31.2 Å². The number of anilines is 1. The minimum absolute atomic E-state index is 0. The molecule has 4 rings (SSSR count). The number of fused-ring (bicyclic) bond motifs is 1. The number of furan rings is 1. The molecule has 0 aliphatic carbocycles. The highest BCUT2D eigenvalue weighted by atomic mass is 35.5. The predicted molar refractivity (Wildman–Crippen MR) is 128 cm³/mol. The lowest BCUT2D eigenvalue weighted by Crippen LogP contribution is -2.46. The van der Waals surface area contributed by atoms with Gasteiger partial charge in [-0.25, -0.2) is 4.98 Å². The van der Waals surface area contributed by atoms with Gasteiger partial charge in [-0.2, -0.15) is 0 Å². The topological polar surface area (TPSA) is 52.7 Å². The molecule has 3 aromatic rings. The molecule has 1 unspecified atom stereocenters. The second-order valence-electron chi connectivity index (χ2n) is 7.67. The first-order chi connectivity index (χ1) is 13.6. The number of hydrogen-bond acceptors (Lipinski definition) is 5. The van der Waals surface area contributed by atoms with Gasteiger partial charge < -0.3 is 19.3 Å².